The number of nitrogens with one attached hydrogen (secondary N) is 2. The van der Waals surface area contributed by atoms with Gasteiger partial charge in [-0.1, -0.05) is 6.42 Å². The van der Waals surface area contributed by atoms with Crippen LogP contribution in [-0.2, 0) is 28.3 Å². The number of aldehydes is 1. The average Bonchev–Trinajstić information content (AvgIpc) is 3.06. The molecule has 1 fully saturated rings. The van der Waals surface area contributed by atoms with E-state index in [4.69, 9.17) is 10.7 Å². The van der Waals surface area contributed by atoms with Crippen molar-refractivity contribution in [1.29, 1.82) is 0 Å². The first kappa shape index (κ1) is 24.7. The Morgan fingerprint density at radius 2 is 2.14 bits per heavy atom. The van der Waals surface area contributed by atoms with E-state index in [1.165, 1.54) is 7.05 Å². The summed E-state index contributed by atoms with van der Waals surface area (Å²) in [6.07, 6.45) is 3.61. The highest BCUT2D eigenvalue weighted by Gasteiger charge is 2.35. The molecule has 160 valence electrons. The number of nitrogens with zero attached hydrogens (tertiary/aromatic N) is 1. The van der Waals surface area contributed by atoms with Crippen LogP contribution in [0.3, 0.4) is 0 Å². The van der Waals surface area contributed by atoms with Crippen molar-refractivity contribution in [3.8, 4) is 0 Å². The lowest BCUT2D eigenvalue weighted by atomic mass is 10.0. The molecule has 12 heteroatoms. The average molecular weight is 437 g/mol. The molecule has 1 rings (SSSR count). The molecule has 0 aromatic heterocycles. The van der Waals surface area contributed by atoms with Gasteiger partial charge in [0, 0.05) is 49.0 Å². The van der Waals surface area contributed by atoms with Gasteiger partial charge in [-0.15, -0.1) is 0 Å². The van der Waals surface area contributed by atoms with Crippen molar-refractivity contribution in [3.05, 3.63) is 0 Å². The smallest absolute Gasteiger partial charge is 0.332 e. The maximum Gasteiger partial charge on any atom is 0.332 e. The normalized spacial score (nSPS) is 22.3. The predicted molar refractivity (Wildman–Crippen MR) is 107 cm³/mol. The van der Waals surface area contributed by atoms with Gasteiger partial charge >= 0.3 is 5.97 Å². The Hall–Kier alpha value is -1.34. The van der Waals surface area contributed by atoms with Gasteiger partial charge in [0.15, 0.2) is 0 Å². The third kappa shape index (κ3) is 7.95. The summed E-state index contributed by atoms with van der Waals surface area (Å²) < 4.78 is 4.34. The van der Waals surface area contributed by atoms with Crippen molar-refractivity contribution in [2.24, 2.45) is 5.90 Å². The minimum Gasteiger partial charge on any atom is -0.353 e. The van der Waals surface area contributed by atoms with Gasteiger partial charge in [-0.2, -0.15) is 16.8 Å². The lowest BCUT2D eigenvalue weighted by molar-refractivity contribution is -0.192. The van der Waals surface area contributed by atoms with Gasteiger partial charge in [-0.25, -0.2) is 15.0 Å². The van der Waals surface area contributed by atoms with E-state index in [2.05, 4.69) is 14.9 Å². The summed E-state index contributed by atoms with van der Waals surface area (Å²) >= 11 is 2.44. The number of amides is 2. The number of carbonyl (C=O) groups excluding carboxylic acids is 4. The molecular weight excluding hydrogens is 408 g/mol. The van der Waals surface area contributed by atoms with E-state index in [9.17, 15) is 19.2 Å². The first-order valence-corrected chi connectivity index (χ1v) is 10.8. The Kier molecular flexibility index (Phi) is 12.1. The van der Waals surface area contributed by atoms with Crippen LogP contribution in [0.2, 0.25) is 0 Å². The molecule has 4 unspecified atom stereocenters. The van der Waals surface area contributed by atoms with E-state index in [0.29, 0.717) is 30.0 Å². The van der Waals surface area contributed by atoms with E-state index >= 15 is 0 Å². The van der Waals surface area contributed by atoms with Gasteiger partial charge in [-0.3, -0.25) is 9.59 Å². The molecule has 28 heavy (non-hydrogen) atoms. The molecule has 0 aliphatic carbocycles. The predicted octanol–water partition coefficient (Wildman–Crippen LogP) is -0.222. The fourth-order valence-corrected chi connectivity index (χ4v) is 5.08. The highest BCUT2D eigenvalue weighted by molar-refractivity contribution is 8.00. The summed E-state index contributed by atoms with van der Waals surface area (Å²) in [5, 5.41) is 6.29. The largest absolute Gasteiger partial charge is 0.353 e. The molecule has 10 nitrogen and oxygen atoms in total. The quantitative estimate of drug-likeness (QED) is 0.154. The Balaban J connectivity index is 2.33. The van der Waals surface area contributed by atoms with Crippen molar-refractivity contribution in [3.63, 3.8) is 0 Å². The Bertz CT molecular complexity index is 527. The van der Waals surface area contributed by atoms with Crippen molar-refractivity contribution >= 4 is 48.4 Å². The molecule has 0 aromatic carbocycles. The Labute approximate surface area is 173 Å². The maximum absolute atomic E-state index is 12.1. The topological polar surface area (TPSA) is 140 Å². The second-order valence-corrected chi connectivity index (χ2v) is 8.43. The van der Waals surface area contributed by atoms with Crippen LogP contribution in [0.25, 0.3) is 0 Å². The lowest BCUT2D eigenvalue weighted by Gasteiger charge is -2.23. The summed E-state index contributed by atoms with van der Waals surface area (Å²) in [6, 6.07) is 0.305. The summed E-state index contributed by atoms with van der Waals surface area (Å²) in [5.41, 5.74) is 0. The molecule has 4 atom stereocenters. The second-order valence-electron chi connectivity index (χ2n) is 6.21. The van der Waals surface area contributed by atoms with Crippen LogP contribution < -0.4 is 16.5 Å². The fourth-order valence-electron chi connectivity index (χ4n) is 2.92. The number of carbonyl (C=O) groups is 4. The number of unbranched alkanes of at least 4 members (excludes halogenated alkanes) is 1. The fraction of sp³-hybridized carbons (Fsp3) is 0.750. The minimum absolute atomic E-state index is 0.0697. The second kappa shape index (κ2) is 13.8. The molecule has 2 amide bonds. The van der Waals surface area contributed by atoms with Crippen LogP contribution in [0.4, 0.5) is 0 Å². The number of hydrogen-bond donors (Lipinski definition) is 3. The van der Waals surface area contributed by atoms with Gasteiger partial charge < -0.3 is 20.3 Å². The van der Waals surface area contributed by atoms with Crippen LogP contribution in [0, 0.1) is 0 Å². The van der Waals surface area contributed by atoms with Gasteiger partial charge in [0.25, 0.3) is 5.91 Å². The van der Waals surface area contributed by atoms with Crippen molar-refractivity contribution in [2.45, 2.75) is 54.7 Å². The Morgan fingerprint density at radius 3 is 2.75 bits per heavy atom. The molecule has 1 aliphatic rings. The number of hydroxylamine groups is 2. The molecule has 0 aromatic rings. The third-order valence-electron chi connectivity index (χ3n) is 4.38. The summed E-state index contributed by atoms with van der Waals surface area (Å²) in [7, 11) is 3.18. The van der Waals surface area contributed by atoms with Crippen LogP contribution in [0.5, 0.6) is 0 Å². The Morgan fingerprint density at radius 1 is 1.39 bits per heavy atom. The number of hydrogen-bond acceptors (Lipinski definition) is 10. The molecule has 0 saturated carbocycles. The van der Waals surface area contributed by atoms with Gasteiger partial charge in [0.2, 0.25) is 6.41 Å². The molecule has 4 N–H and O–H groups in total. The van der Waals surface area contributed by atoms with Crippen LogP contribution in [-0.4, -0.2) is 72.1 Å². The number of nitrogens with two attached hydrogens (primary N) is 1. The van der Waals surface area contributed by atoms with Crippen molar-refractivity contribution in [2.75, 3.05) is 19.8 Å². The first-order chi connectivity index (χ1) is 13.5. The van der Waals surface area contributed by atoms with Crippen LogP contribution >= 0.6 is 23.8 Å². The highest BCUT2D eigenvalue weighted by atomic mass is 32.2. The maximum atomic E-state index is 12.1. The van der Waals surface area contributed by atoms with Crippen molar-refractivity contribution in [1.82, 2.24) is 15.7 Å². The number of thioether (sulfide) groups is 1. The third-order valence-corrected chi connectivity index (χ3v) is 6.63. The highest BCUT2D eigenvalue weighted by Crippen LogP contribution is 2.31. The molecular formula is C16H28N4O6S2. The van der Waals surface area contributed by atoms with E-state index in [1.807, 2.05) is 7.05 Å². The van der Waals surface area contributed by atoms with E-state index in [-0.39, 0.29) is 24.9 Å². The molecule has 0 radical (unpaired) electrons. The van der Waals surface area contributed by atoms with Crippen LogP contribution in [0.1, 0.15) is 32.1 Å². The molecule has 0 bridgehead atoms. The summed E-state index contributed by atoms with van der Waals surface area (Å²) in [5.74, 6) is 4.72. The lowest BCUT2D eigenvalue weighted by Crippen LogP contribution is -2.48. The zero-order valence-corrected chi connectivity index (χ0v) is 17.6. The molecule has 1 heterocycles. The standard InChI is InChI=1S/C16H28N4O6S2/c1-18-11-9-27-12(15(11)19-10-22)5-3-4-6-14(23)25-20(2)16(24)13(7-8-21)28-26-17/h8,10-13,15,18H,3-7,9,17H2,1-2H3,(H,19,22). The SMILES string of the molecule is CNC1CSC(CCCCC(=O)ON(C)C(=O)C(CC=O)SON)C1NC=O. The molecule has 1 saturated heterocycles. The number of likely N-dealkylation sites (N-methyl/N-ethyl adjacent to an activating group) is 1. The molecule has 0 spiro atoms. The summed E-state index contributed by atoms with van der Waals surface area (Å²) in [4.78, 5) is 50.4. The molecule has 1 aliphatic heterocycles. The van der Waals surface area contributed by atoms with Crippen molar-refractivity contribution < 1.29 is 28.3 Å². The van der Waals surface area contributed by atoms with Crippen LogP contribution in [0.15, 0.2) is 0 Å². The minimum atomic E-state index is -0.873. The summed E-state index contributed by atoms with van der Waals surface area (Å²) in [6.45, 7) is 0. The van der Waals surface area contributed by atoms with E-state index < -0.39 is 17.1 Å². The monoisotopic (exact) mass is 436 g/mol. The zero-order chi connectivity index (χ0) is 20.9. The van der Waals surface area contributed by atoms with Gasteiger partial charge in [0.1, 0.15) is 11.5 Å². The van der Waals surface area contributed by atoms with E-state index in [0.717, 1.165) is 30.1 Å². The van der Waals surface area contributed by atoms with E-state index in [1.54, 1.807) is 11.8 Å². The zero-order valence-electron chi connectivity index (χ0n) is 16.0. The van der Waals surface area contributed by atoms with Gasteiger partial charge in [-0.05, 0) is 19.9 Å². The first-order valence-electron chi connectivity index (χ1n) is 8.91. The number of rotatable bonds is 13. The van der Waals surface area contributed by atoms with Gasteiger partial charge in [0.05, 0.1) is 6.04 Å².